The highest BCUT2D eigenvalue weighted by Gasteiger charge is 2.17. The molecular formula is C12H17FN2O3. The summed E-state index contributed by atoms with van der Waals surface area (Å²) >= 11 is 0. The molecule has 1 aromatic carbocycles. The van der Waals surface area contributed by atoms with Crippen LogP contribution in [0.25, 0.3) is 0 Å². The summed E-state index contributed by atoms with van der Waals surface area (Å²) in [6.07, 6.45) is -0.716. The molecule has 0 spiro atoms. The fourth-order valence-corrected chi connectivity index (χ4v) is 1.27. The third-order valence-electron chi connectivity index (χ3n) is 1.92. The van der Waals surface area contributed by atoms with Crippen molar-refractivity contribution in [2.45, 2.75) is 33.0 Å². The summed E-state index contributed by atoms with van der Waals surface area (Å²) in [7, 11) is 0. The van der Waals surface area contributed by atoms with Crippen LogP contribution in [0.1, 0.15) is 26.3 Å². The molecule has 0 radical (unpaired) electrons. The van der Waals surface area contributed by atoms with E-state index in [9.17, 15) is 9.18 Å². The first-order chi connectivity index (χ1) is 8.31. The van der Waals surface area contributed by atoms with E-state index in [4.69, 9.17) is 10.6 Å². The third kappa shape index (κ3) is 4.68. The van der Waals surface area contributed by atoms with E-state index in [1.165, 1.54) is 18.2 Å². The molecule has 0 atom stereocenters. The SMILES string of the molecule is CC(C)(C)OC(=O)Nc1cc(CON)ccc1F. The van der Waals surface area contributed by atoms with E-state index < -0.39 is 17.5 Å². The summed E-state index contributed by atoms with van der Waals surface area (Å²) in [4.78, 5) is 15.9. The zero-order valence-electron chi connectivity index (χ0n) is 10.6. The first-order valence-electron chi connectivity index (χ1n) is 5.42. The first kappa shape index (κ1) is 14.4. The van der Waals surface area contributed by atoms with Gasteiger partial charge in [-0.15, -0.1) is 0 Å². The number of carbonyl (C=O) groups is 1. The molecule has 100 valence electrons. The molecule has 1 rings (SSSR count). The van der Waals surface area contributed by atoms with Crippen LogP contribution in [-0.2, 0) is 16.2 Å². The van der Waals surface area contributed by atoms with E-state index in [2.05, 4.69) is 10.2 Å². The molecular weight excluding hydrogens is 239 g/mol. The average Bonchev–Trinajstić information content (AvgIpc) is 2.20. The molecule has 0 aliphatic carbocycles. The van der Waals surface area contributed by atoms with E-state index >= 15 is 0 Å². The average molecular weight is 256 g/mol. The Morgan fingerprint density at radius 3 is 2.67 bits per heavy atom. The summed E-state index contributed by atoms with van der Waals surface area (Å²) in [5, 5.41) is 2.33. The number of halogens is 1. The van der Waals surface area contributed by atoms with Crippen LogP contribution < -0.4 is 11.2 Å². The van der Waals surface area contributed by atoms with Gasteiger partial charge >= 0.3 is 6.09 Å². The van der Waals surface area contributed by atoms with Crippen molar-refractivity contribution in [1.29, 1.82) is 0 Å². The van der Waals surface area contributed by atoms with E-state index in [0.29, 0.717) is 5.56 Å². The molecule has 1 aromatic rings. The fraction of sp³-hybridized carbons (Fsp3) is 0.417. The van der Waals surface area contributed by atoms with Crippen molar-refractivity contribution in [1.82, 2.24) is 0 Å². The van der Waals surface area contributed by atoms with E-state index in [0.717, 1.165) is 0 Å². The number of amides is 1. The lowest BCUT2D eigenvalue weighted by Crippen LogP contribution is -2.27. The van der Waals surface area contributed by atoms with Gasteiger partial charge in [0.2, 0.25) is 0 Å². The van der Waals surface area contributed by atoms with E-state index in [1.807, 2.05) is 0 Å². The smallest absolute Gasteiger partial charge is 0.412 e. The van der Waals surface area contributed by atoms with Crippen LogP contribution in [0.4, 0.5) is 14.9 Å². The molecule has 18 heavy (non-hydrogen) atoms. The number of hydrogen-bond acceptors (Lipinski definition) is 4. The molecule has 3 N–H and O–H groups in total. The van der Waals surface area contributed by atoms with Crippen molar-refractivity contribution in [2.24, 2.45) is 5.90 Å². The number of benzene rings is 1. The number of ether oxygens (including phenoxy) is 1. The van der Waals surface area contributed by atoms with Crippen LogP contribution in [-0.4, -0.2) is 11.7 Å². The molecule has 0 saturated carbocycles. The van der Waals surface area contributed by atoms with Crippen molar-refractivity contribution in [3.63, 3.8) is 0 Å². The highest BCUT2D eigenvalue weighted by Crippen LogP contribution is 2.18. The molecule has 6 heteroatoms. The monoisotopic (exact) mass is 256 g/mol. The number of nitrogens with one attached hydrogen (secondary N) is 1. The molecule has 5 nitrogen and oxygen atoms in total. The molecule has 0 bridgehead atoms. The predicted octanol–water partition coefficient (Wildman–Crippen LogP) is 2.56. The van der Waals surface area contributed by atoms with Gasteiger partial charge < -0.3 is 4.74 Å². The Labute approximate surface area is 105 Å². The maximum Gasteiger partial charge on any atom is 0.412 e. The Bertz CT molecular complexity index is 430. The first-order valence-corrected chi connectivity index (χ1v) is 5.42. The Hall–Kier alpha value is -1.66. The van der Waals surface area contributed by atoms with Crippen LogP contribution in [0.3, 0.4) is 0 Å². The Kier molecular flexibility index (Phi) is 4.63. The van der Waals surface area contributed by atoms with Crippen molar-refractivity contribution >= 4 is 11.8 Å². The van der Waals surface area contributed by atoms with Crippen molar-refractivity contribution in [3.05, 3.63) is 29.6 Å². The Morgan fingerprint density at radius 2 is 2.11 bits per heavy atom. The maximum absolute atomic E-state index is 13.5. The van der Waals surface area contributed by atoms with Gasteiger partial charge in [0.1, 0.15) is 11.4 Å². The van der Waals surface area contributed by atoms with Gasteiger partial charge in [-0.2, -0.15) is 0 Å². The van der Waals surface area contributed by atoms with Crippen molar-refractivity contribution < 1.29 is 18.8 Å². The minimum absolute atomic E-state index is 0.0267. The number of nitrogens with two attached hydrogens (primary N) is 1. The van der Waals surface area contributed by atoms with Crippen LogP contribution >= 0.6 is 0 Å². The third-order valence-corrected chi connectivity index (χ3v) is 1.92. The minimum Gasteiger partial charge on any atom is -0.444 e. The number of anilines is 1. The summed E-state index contributed by atoms with van der Waals surface area (Å²) in [6, 6.07) is 4.18. The van der Waals surface area contributed by atoms with Gasteiger partial charge in [0.15, 0.2) is 0 Å². The predicted molar refractivity (Wildman–Crippen MR) is 65.2 cm³/mol. The maximum atomic E-state index is 13.5. The quantitative estimate of drug-likeness (QED) is 0.815. The van der Waals surface area contributed by atoms with E-state index in [-0.39, 0.29) is 12.3 Å². The van der Waals surface area contributed by atoms with Gasteiger partial charge in [-0.3, -0.25) is 10.2 Å². The number of carbonyl (C=O) groups excluding carboxylic acids is 1. The second-order valence-electron chi connectivity index (χ2n) is 4.75. The lowest BCUT2D eigenvalue weighted by molar-refractivity contribution is 0.0635. The molecule has 0 aliphatic rings. The molecule has 0 fully saturated rings. The van der Waals surface area contributed by atoms with Crippen LogP contribution in [0, 0.1) is 5.82 Å². The van der Waals surface area contributed by atoms with Gasteiger partial charge in [-0.1, -0.05) is 6.07 Å². The second-order valence-corrected chi connectivity index (χ2v) is 4.75. The topological polar surface area (TPSA) is 73.6 Å². The zero-order valence-corrected chi connectivity index (χ0v) is 10.6. The van der Waals surface area contributed by atoms with Gasteiger partial charge in [-0.25, -0.2) is 15.1 Å². The summed E-state index contributed by atoms with van der Waals surface area (Å²) in [5.74, 6) is 4.37. The van der Waals surface area contributed by atoms with Gasteiger partial charge in [0.25, 0.3) is 0 Å². The normalized spacial score (nSPS) is 11.2. The number of rotatable bonds is 3. The number of hydrogen-bond donors (Lipinski definition) is 2. The summed E-state index contributed by atoms with van der Waals surface area (Å²) in [6.45, 7) is 5.30. The molecule has 0 aliphatic heterocycles. The summed E-state index contributed by atoms with van der Waals surface area (Å²) < 4.78 is 18.5. The van der Waals surface area contributed by atoms with Crippen LogP contribution in [0.2, 0.25) is 0 Å². The van der Waals surface area contributed by atoms with E-state index in [1.54, 1.807) is 20.8 Å². The molecule has 0 unspecified atom stereocenters. The highest BCUT2D eigenvalue weighted by molar-refractivity contribution is 5.85. The Balaban J connectivity index is 2.77. The molecule has 0 aromatic heterocycles. The zero-order chi connectivity index (χ0) is 13.8. The standard InChI is InChI=1S/C12H17FN2O3/c1-12(2,3)18-11(16)15-10-6-8(7-17-14)4-5-9(10)13/h4-6H,7,14H2,1-3H3,(H,15,16). The van der Waals surface area contributed by atoms with Crippen LogP contribution in [0.15, 0.2) is 18.2 Å². The van der Waals surface area contributed by atoms with Gasteiger partial charge in [-0.05, 0) is 38.5 Å². The van der Waals surface area contributed by atoms with Gasteiger partial charge in [0, 0.05) is 0 Å². The second kappa shape index (κ2) is 5.79. The Morgan fingerprint density at radius 1 is 1.44 bits per heavy atom. The molecule has 0 saturated heterocycles. The van der Waals surface area contributed by atoms with Gasteiger partial charge in [0.05, 0.1) is 12.3 Å². The molecule has 1 amide bonds. The lowest BCUT2D eigenvalue weighted by atomic mass is 10.2. The highest BCUT2D eigenvalue weighted by atomic mass is 19.1. The van der Waals surface area contributed by atoms with Crippen LogP contribution in [0.5, 0.6) is 0 Å². The fourth-order valence-electron chi connectivity index (χ4n) is 1.27. The summed E-state index contributed by atoms with van der Waals surface area (Å²) in [5.41, 5.74) is 0.0298. The largest absolute Gasteiger partial charge is 0.444 e. The van der Waals surface area contributed by atoms with Crippen molar-refractivity contribution in [3.8, 4) is 0 Å². The molecule has 0 heterocycles. The lowest BCUT2D eigenvalue weighted by Gasteiger charge is -2.20. The minimum atomic E-state index is -0.716. The van der Waals surface area contributed by atoms with Crippen molar-refractivity contribution in [2.75, 3.05) is 5.32 Å².